The van der Waals surface area contributed by atoms with Crippen LogP contribution in [0.25, 0.3) is 0 Å². The van der Waals surface area contributed by atoms with Crippen LogP contribution in [0, 0.1) is 0 Å². The van der Waals surface area contributed by atoms with E-state index in [1.807, 2.05) is 41.8 Å². The van der Waals surface area contributed by atoms with Gasteiger partial charge >= 0.3 is 7.12 Å². The highest BCUT2D eigenvalue weighted by Crippen LogP contribution is 2.40. The quantitative estimate of drug-likeness (QED) is 0.451. The van der Waals surface area contributed by atoms with E-state index in [4.69, 9.17) is 9.31 Å². The van der Waals surface area contributed by atoms with Crippen molar-refractivity contribution in [3.63, 3.8) is 0 Å². The molecule has 2 rings (SSSR count). The highest BCUT2D eigenvalue weighted by atomic mass is 19.3. The Bertz CT molecular complexity index is 594. The lowest BCUT2D eigenvalue weighted by atomic mass is 9.74. The molecule has 0 bridgehead atoms. The monoisotopic (exact) mass is 339 g/mol. The van der Waals surface area contributed by atoms with Gasteiger partial charge in [-0.05, 0) is 27.7 Å². The van der Waals surface area contributed by atoms with Crippen molar-refractivity contribution in [3.05, 3.63) is 23.3 Å². The second-order valence-electron chi connectivity index (χ2n) is 7.09. The van der Waals surface area contributed by atoms with Gasteiger partial charge in [-0.1, -0.05) is 6.08 Å². The molecule has 0 aromatic heterocycles. The van der Waals surface area contributed by atoms with E-state index in [1.54, 1.807) is 11.2 Å². The smallest absolute Gasteiger partial charge is 0.399 e. The molecule has 0 aromatic rings. The summed E-state index contributed by atoms with van der Waals surface area (Å²) in [7, 11) is 2.77. The third kappa shape index (κ3) is 3.92. The molecule has 0 atom stereocenters. The van der Waals surface area contributed by atoms with Gasteiger partial charge in [0.1, 0.15) is 5.84 Å². The molecule has 24 heavy (non-hydrogen) atoms. The van der Waals surface area contributed by atoms with E-state index >= 15 is 0 Å². The molecule has 0 radical (unpaired) electrons. The first-order chi connectivity index (χ1) is 11.0. The first-order valence-electron chi connectivity index (χ1n) is 7.85. The highest BCUT2D eigenvalue weighted by Gasteiger charge is 2.53. The molecule has 0 aromatic carbocycles. The van der Waals surface area contributed by atoms with Gasteiger partial charge in [0.2, 0.25) is 0 Å². The van der Waals surface area contributed by atoms with Gasteiger partial charge in [0.25, 0.3) is 6.43 Å². The zero-order valence-corrected chi connectivity index (χ0v) is 15.0. The summed E-state index contributed by atoms with van der Waals surface area (Å²) >= 11 is 0. The van der Waals surface area contributed by atoms with Crippen LogP contribution in [0.2, 0.25) is 0 Å². The van der Waals surface area contributed by atoms with E-state index in [9.17, 15) is 8.78 Å². The van der Waals surface area contributed by atoms with Crippen molar-refractivity contribution >= 4 is 19.3 Å². The minimum absolute atomic E-state index is 0.118. The molecule has 1 fully saturated rings. The molecule has 2 aliphatic heterocycles. The summed E-state index contributed by atoms with van der Waals surface area (Å²) in [5.74, 6) is 0.452. The number of hydrogen-bond acceptors (Lipinski definition) is 4. The third-order valence-corrected chi connectivity index (χ3v) is 4.37. The molecule has 0 amide bonds. The van der Waals surface area contributed by atoms with E-state index in [-0.39, 0.29) is 17.5 Å². The number of allylic oxidation sites excluding steroid dienone is 2. The zero-order valence-electron chi connectivity index (χ0n) is 15.0. The van der Waals surface area contributed by atoms with Crippen LogP contribution in [-0.4, -0.2) is 55.9 Å². The Balaban J connectivity index is 2.34. The van der Waals surface area contributed by atoms with Gasteiger partial charge in [0, 0.05) is 37.8 Å². The number of alkyl halides is 2. The Morgan fingerprint density at radius 3 is 2.33 bits per heavy atom. The number of nitrogens with zero attached hydrogens (tertiary/aromatic N) is 3. The molecule has 0 aliphatic carbocycles. The normalized spacial score (nSPS) is 23.2. The Hall–Kier alpha value is -1.54. The lowest BCUT2D eigenvalue weighted by molar-refractivity contribution is 0.00578. The SMILES string of the molecule is CN(C)C=NC1=NC=C(B2OC(C)(C)C(C)(C)O2)C(C(F)F)=CC1. The summed E-state index contributed by atoms with van der Waals surface area (Å²) in [5, 5.41) is 0. The molecule has 132 valence electrons. The van der Waals surface area contributed by atoms with Crippen LogP contribution in [-0.2, 0) is 9.31 Å². The van der Waals surface area contributed by atoms with Crippen molar-refractivity contribution in [2.75, 3.05) is 14.1 Å². The van der Waals surface area contributed by atoms with Crippen LogP contribution < -0.4 is 0 Å². The molecule has 5 nitrogen and oxygen atoms in total. The lowest BCUT2D eigenvalue weighted by Crippen LogP contribution is -2.41. The first kappa shape index (κ1) is 18.8. The predicted molar refractivity (Wildman–Crippen MR) is 92.5 cm³/mol. The van der Waals surface area contributed by atoms with Crippen molar-refractivity contribution in [2.24, 2.45) is 9.98 Å². The van der Waals surface area contributed by atoms with Crippen LogP contribution in [0.1, 0.15) is 34.1 Å². The Kier molecular flexibility index (Phi) is 5.30. The van der Waals surface area contributed by atoms with Crippen LogP contribution in [0.4, 0.5) is 8.78 Å². The summed E-state index contributed by atoms with van der Waals surface area (Å²) < 4.78 is 38.8. The van der Waals surface area contributed by atoms with E-state index in [2.05, 4.69) is 9.98 Å². The van der Waals surface area contributed by atoms with E-state index in [1.165, 1.54) is 12.3 Å². The molecule has 2 aliphatic rings. The van der Waals surface area contributed by atoms with Crippen molar-refractivity contribution < 1.29 is 18.1 Å². The molecule has 8 heteroatoms. The molecule has 2 heterocycles. The summed E-state index contributed by atoms with van der Waals surface area (Å²) in [5.41, 5.74) is -1.08. The molecular formula is C16H24BF2N3O2. The third-order valence-electron chi connectivity index (χ3n) is 4.37. The van der Waals surface area contributed by atoms with E-state index < -0.39 is 24.7 Å². The van der Waals surface area contributed by atoms with Crippen LogP contribution >= 0.6 is 0 Å². The van der Waals surface area contributed by atoms with Crippen molar-refractivity contribution in [1.29, 1.82) is 0 Å². The summed E-state index contributed by atoms with van der Waals surface area (Å²) in [6, 6.07) is 0. The van der Waals surface area contributed by atoms with Crippen LogP contribution in [0.15, 0.2) is 33.3 Å². The zero-order chi connectivity index (χ0) is 18.1. The second-order valence-corrected chi connectivity index (χ2v) is 7.09. The Morgan fingerprint density at radius 2 is 1.83 bits per heavy atom. The molecular weight excluding hydrogens is 315 g/mol. The number of halogens is 2. The van der Waals surface area contributed by atoms with Crippen LogP contribution in [0.3, 0.4) is 0 Å². The summed E-state index contributed by atoms with van der Waals surface area (Å²) in [6.45, 7) is 7.52. The topological polar surface area (TPSA) is 46.4 Å². The maximum Gasteiger partial charge on any atom is 0.496 e. The molecule has 0 saturated carbocycles. The minimum atomic E-state index is -2.64. The fourth-order valence-electron chi connectivity index (χ4n) is 2.24. The van der Waals surface area contributed by atoms with Gasteiger partial charge in [-0.25, -0.2) is 18.8 Å². The van der Waals surface area contributed by atoms with Crippen LogP contribution in [0.5, 0.6) is 0 Å². The maximum atomic E-state index is 13.5. The predicted octanol–water partition coefficient (Wildman–Crippen LogP) is 3.09. The Labute approximate surface area is 142 Å². The molecule has 0 N–H and O–H groups in total. The minimum Gasteiger partial charge on any atom is -0.399 e. The van der Waals surface area contributed by atoms with E-state index in [0.29, 0.717) is 5.84 Å². The van der Waals surface area contributed by atoms with Gasteiger partial charge in [-0.15, -0.1) is 0 Å². The summed E-state index contributed by atoms with van der Waals surface area (Å²) in [4.78, 5) is 10.2. The van der Waals surface area contributed by atoms with Gasteiger partial charge in [-0.3, -0.25) is 0 Å². The molecule has 0 spiro atoms. The number of amidine groups is 1. The van der Waals surface area contributed by atoms with Crippen molar-refractivity contribution in [1.82, 2.24) is 4.90 Å². The average Bonchev–Trinajstić information content (AvgIpc) is 2.62. The first-order valence-corrected chi connectivity index (χ1v) is 7.85. The van der Waals surface area contributed by atoms with Crippen molar-refractivity contribution in [2.45, 2.75) is 51.7 Å². The summed E-state index contributed by atoms with van der Waals surface area (Å²) in [6.07, 6.45) is 2.00. The average molecular weight is 339 g/mol. The van der Waals surface area contributed by atoms with Gasteiger partial charge in [0.15, 0.2) is 0 Å². The second kappa shape index (κ2) is 6.76. The number of rotatable bonds is 3. The number of aliphatic imine (C=N–C) groups is 2. The molecule has 0 unspecified atom stereocenters. The van der Waals surface area contributed by atoms with Gasteiger partial charge < -0.3 is 14.2 Å². The largest absolute Gasteiger partial charge is 0.496 e. The number of hydrogen-bond donors (Lipinski definition) is 0. The standard InChI is InChI=1S/C16H24BF2N3O2/c1-15(2)16(3,4)24-17(23-15)12-9-20-13(21-10-22(5)6)8-7-11(12)14(18)19/h7,9-10,14H,8H2,1-6H3. The highest BCUT2D eigenvalue weighted by molar-refractivity contribution is 6.56. The van der Waals surface area contributed by atoms with Gasteiger partial charge in [0.05, 0.1) is 17.5 Å². The van der Waals surface area contributed by atoms with Crippen molar-refractivity contribution in [3.8, 4) is 0 Å². The maximum absolute atomic E-state index is 13.5. The van der Waals surface area contributed by atoms with Gasteiger partial charge in [-0.2, -0.15) is 0 Å². The Morgan fingerprint density at radius 1 is 1.25 bits per heavy atom. The van der Waals surface area contributed by atoms with E-state index in [0.717, 1.165) is 0 Å². The molecule has 1 saturated heterocycles. The fourth-order valence-corrected chi connectivity index (χ4v) is 2.24. The lowest BCUT2D eigenvalue weighted by Gasteiger charge is -2.32. The fraction of sp³-hybridized carbons (Fsp3) is 0.625.